The van der Waals surface area contributed by atoms with Crippen molar-refractivity contribution < 1.29 is 18.7 Å². The van der Waals surface area contributed by atoms with Gasteiger partial charge in [0.05, 0.1) is 22.2 Å². The van der Waals surface area contributed by atoms with Gasteiger partial charge in [-0.25, -0.2) is 9.37 Å². The Balaban J connectivity index is 1.60. The zero-order valence-electron chi connectivity index (χ0n) is 15.4. The fourth-order valence-corrected chi connectivity index (χ4v) is 3.71. The first-order valence-electron chi connectivity index (χ1n) is 8.58. The van der Waals surface area contributed by atoms with E-state index in [9.17, 15) is 14.0 Å². The fraction of sp³-hybridized carbons (Fsp3) is 0.150. The summed E-state index contributed by atoms with van der Waals surface area (Å²) >= 11 is 19.0. The molecule has 0 aliphatic rings. The van der Waals surface area contributed by atoms with E-state index in [1.807, 2.05) is 0 Å². The summed E-state index contributed by atoms with van der Waals surface area (Å²) in [6, 6.07) is 9.18. The van der Waals surface area contributed by atoms with Gasteiger partial charge in [-0.05, 0) is 31.2 Å². The molecular formula is C20H14Cl3FN2O3S. The van der Waals surface area contributed by atoms with Gasteiger partial charge in [-0.15, -0.1) is 11.3 Å². The highest BCUT2D eigenvalue weighted by Gasteiger charge is 2.21. The van der Waals surface area contributed by atoms with E-state index < -0.39 is 23.8 Å². The topological polar surface area (TPSA) is 68.3 Å². The molecule has 0 saturated carbocycles. The van der Waals surface area contributed by atoms with Crippen LogP contribution in [0.1, 0.15) is 12.5 Å². The summed E-state index contributed by atoms with van der Waals surface area (Å²) in [4.78, 5) is 28.7. The number of rotatable bonds is 6. The lowest BCUT2D eigenvalue weighted by molar-refractivity contribution is -0.152. The Morgan fingerprint density at radius 3 is 2.63 bits per heavy atom. The van der Waals surface area contributed by atoms with Crippen molar-refractivity contribution in [3.63, 3.8) is 0 Å². The third-order valence-electron chi connectivity index (χ3n) is 4.01. The van der Waals surface area contributed by atoms with Crippen molar-refractivity contribution in [3.8, 4) is 11.3 Å². The highest BCUT2D eigenvalue weighted by molar-refractivity contribution is 7.14. The molecule has 0 aliphatic carbocycles. The van der Waals surface area contributed by atoms with Crippen molar-refractivity contribution in [1.29, 1.82) is 0 Å². The van der Waals surface area contributed by atoms with Crippen LogP contribution < -0.4 is 5.32 Å². The van der Waals surface area contributed by atoms with Crippen LogP contribution in [0.4, 0.5) is 9.52 Å². The minimum atomic E-state index is -1.11. The van der Waals surface area contributed by atoms with E-state index in [1.165, 1.54) is 36.5 Å². The van der Waals surface area contributed by atoms with Crippen LogP contribution in [-0.2, 0) is 20.7 Å². The third-order valence-corrected chi connectivity index (χ3v) is 5.86. The Labute approximate surface area is 190 Å². The Morgan fingerprint density at radius 2 is 1.93 bits per heavy atom. The Hall–Kier alpha value is -2.19. The largest absolute Gasteiger partial charge is 0.452 e. The lowest BCUT2D eigenvalue weighted by atomic mass is 10.1. The smallest absolute Gasteiger partial charge is 0.311 e. The molecule has 0 aliphatic heterocycles. The molecule has 1 aromatic heterocycles. The summed E-state index contributed by atoms with van der Waals surface area (Å²) in [6.07, 6.45) is -1.50. The number of aromatic nitrogens is 1. The Bertz CT molecular complexity index is 1090. The maximum atomic E-state index is 13.8. The van der Waals surface area contributed by atoms with E-state index in [0.717, 1.165) is 5.56 Å². The normalized spacial score (nSPS) is 11.8. The first-order valence-corrected chi connectivity index (χ1v) is 10.6. The quantitative estimate of drug-likeness (QED) is 0.432. The van der Waals surface area contributed by atoms with E-state index in [2.05, 4.69) is 10.3 Å². The molecule has 0 saturated heterocycles. The van der Waals surface area contributed by atoms with Gasteiger partial charge < -0.3 is 4.74 Å². The zero-order chi connectivity index (χ0) is 21.8. The number of carbonyl (C=O) groups excluding carboxylic acids is 2. The van der Waals surface area contributed by atoms with Crippen LogP contribution in [0, 0.1) is 5.82 Å². The molecule has 3 aromatic rings. The number of benzene rings is 2. The number of thiazole rings is 1. The van der Waals surface area contributed by atoms with Gasteiger partial charge in [-0.2, -0.15) is 0 Å². The number of halogens is 4. The molecule has 5 nitrogen and oxygen atoms in total. The maximum Gasteiger partial charge on any atom is 0.311 e. The summed E-state index contributed by atoms with van der Waals surface area (Å²) in [5, 5.41) is 5.58. The monoisotopic (exact) mass is 486 g/mol. The van der Waals surface area contributed by atoms with Crippen molar-refractivity contribution in [2.75, 3.05) is 5.32 Å². The lowest BCUT2D eigenvalue weighted by Gasteiger charge is -2.13. The van der Waals surface area contributed by atoms with Crippen LogP contribution in [0.25, 0.3) is 11.3 Å². The van der Waals surface area contributed by atoms with Gasteiger partial charge in [0.25, 0.3) is 5.91 Å². The second kappa shape index (κ2) is 9.75. The van der Waals surface area contributed by atoms with Gasteiger partial charge in [0.15, 0.2) is 11.2 Å². The molecule has 2 aromatic carbocycles. The van der Waals surface area contributed by atoms with E-state index >= 15 is 0 Å². The number of hydrogen-bond acceptors (Lipinski definition) is 5. The maximum absolute atomic E-state index is 13.8. The third kappa shape index (κ3) is 5.49. The molecule has 0 radical (unpaired) electrons. The Morgan fingerprint density at radius 1 is 1.17 bits per heavy atom. The number of esters is 1. The first-order chi connectivity index (χ1) is 14.2. The van der Waals surface area contributed by atoms with Crippen LogP contribution in [0.15, 0.2) is 41.8 Å². The van der Waals surface area contributed by atoms with Gasteiger partial charge in [0.1, 0.15) is 5.82 Å². The number of amides is 1. The van der Waals surface area contributed by atoms with Gasteiger partial charge in [-0.3, -0.25) is 14.9 Å². The van der Waals surface area contributed by atoms with Gasteiger partial charge in [0.2, 0.25) is 0 Å². The summed E-state index contributed by atoms with van der Waals surface area (Å²) < 4.78 is 18.9. The SMILES string of the molecule is C[C@H](OC(=O)Cc1c(F)cccc1Cl)C(=O)Nc1nc(-c2ccc(Cl)c(Cl)c2)cs1. The van der Waals surface area contributed by atoms with Crippen LogP contribution in [0.3, 0.4) is 0 Å². The molecule has 3 rings (SSSR count). The van der Waals surface area contributed by atoms with E-state index in [1.54, 1.807) is 23.6 Å². The van der Waals surface area contributed by atoms with Gasteiger partial charge in [0, 0.05) is 21.5 Å². The summed E-state index contributed by atoms with van der Waals surface area (Å²) in [5.74, 6) is -1.97. The molecule has 10 heteroatoms. The van der Waals surface area contributed by atoms with Crippen LogP contribution in [0.2, 0.25) is 15.1 Å². The van der Waals surface area contributed by atoms with Crippen LogP contribution in [-0.4, -0.2) is 23.0 Å². The van der Waals surface area contributed by atoms with E-state index in [4.69, 9.17) is 39.5 Å². The molecule has 0 unspecified atom stereocenters. The molecule has 1 N–H and O–H groups in total. The summed E-state index contributed by atoms with van der Waals surface area (Å²) in [5.41, 5.74) is 1.36. The molecule has 30 heavy (non-hydrogen) atoms. The molecule has 0 spiro atoms. The Kier molecular flexibility index (Phi) is 7.31. The molecular weight excluding hydrogens is 474 g/mol. The van der Waals surface area contributed by atoms with Crippen molar-refractivity contribution in [1.82, 2.24) is 4.98 Å². The van der Waals surface area contributed by atoms with Crippen molar-refractivity contribution in [2.45, 2.75) is 19.4 Å². The van der Waals surface area contributed by atoms with Crippen molar-refractivity contribution in [3.05, 3.63) is 68.2 Å². The van der Waals surface area contributed by atoms with Gasteiger partial charge in [-0.1, -0.05) is 46.9 Å². The molecule has 1 amide bonds. The van der Waals surface area contributed by atoms with E-state index in [-0.39, 0.29) is 17.0 Å². The summed E-state index contributed by atoms with van der Waals surface area (Å²) in [6.45, 7) is 1.41. The lowest BCUT2D eigenvalue weighted by Crippen LogP contribution is -2.30. The molecule has 156 valence electrons. The highest BCUT2D eigenvalue weighted by Crippen LogP contribution is 2.30. The molecule has 0 fully saturated rings. The minimum Gasteiger partial charge on any atom is -0.452 e. The number of nitrogens with one attached hydrogen (secondary N) is 1. The predicted molar refractivity (Wildman–Crippen MR) is 117 cm³/mol. The number of anilines is 1. The first kappa shape index (κ1) is 22.5. The van der Waals surface area contributed by atoms with Crippen LogP contribution in [0.5, 0.6) is 0 Å². The van der Waals surface area contributed by atoms with E-state index in [0.29, 0.717) is 20.9 Å². The average molecular weight is 488 g/mol. The zero-order valence-corrected chi connectivity index (χ0v) is 18.5. The second-order valence-corrected chi connectivity index (χ2v) is 8.24. The molecule has 1 atom stereocenters. The fourth-order valence-electron chi connectivity index (χ4n) is 2.46. The van der Waals surface area contributed by atoms with Crippen molar-refractivity contribution in [2.24, 2.45) is 0 Å². The summed E-state index contributed by atoms with van der Waals surface area (Å²) in [7, 11) is 0. The second-order valence-electron chi connectivity index (χ2n) is 6.17. The number of nitrogens with zero attached hydrogens (tertiary/aromatic N) is 1. The van der Waals surface area contributed by atoms with Crippen LogP contribution >= 0.6 is 46.1 Å². The molecule has 1 heterocycles. The van der Waals surface area contributed by atoms with Crippen molar-refractivity contribution >= 4 is 63.1 Å². The number of carbonyl (C=O) groups is 2. The van der Waals surface area contributed by atoms with Gasteiger partial charge >= 0.3 is 5.97 Å². The molecule has 0 bridgehead atoms. The standard InChI is InChI=1S/C20H14Cl3FN2O3S/c1-10(29-18(27)8-12-13(21)3-2-4-16(12)24)19(28)26-20-25-17(9-30-20)11-5-6-14(22)15(23)7-11/h2-7,9-10H,8H2,1H3,(H,25,26,28)/t10-/m0/s1. The number of hydrogen-bond donors (Lipinski definition) is 1. The highest BCUT2D eigenvalue weighted by atomic mass is 35.5. The average Bonchev–Trinajstić information content (AvgIpc) is 3.15. The predicted octanol–water partition coefficient (Wildman–Crippen LogP) is 6.02. The number of ether oxygens (including phenoxy) is 1. The minimum absolute atomic E-state index is 0.0166.